The van der Waals surface area contributed by atoms with Crippen molar-refractivity contribution in [2.75, 3.05) is 11.1 Å². The molecule has 1 aromatic carbocycles. The topological polar surface area (TPSA) is 46.2 Å². The maximum atomic E-state index is 11.9. The molecule has 1 fully saturated rings. The predicted octanol–water partition coefficient (Wildman–Crippen LogP) is 3.47. The maximum absolute atomic E-state index is 11.9. The van der Waals surface area contributed by atoms with Crippen LogP contribution in [0.4, 0.5) is 5.69 Å². The Kier molecular flexibility index (Phi) is 4.50. The van der Waals surface area contributed by atoms with Gasteiger partial charge in [-0.2, -0.15) is 0 Å². The minimum absolute atomic E-state index is 0.223. The zero-order chi connectivity index (χ0) is 13.9. The molecule has 0 aromatic heterocycles. The Morgan fingerprint density at radius 1 is 1.16 bits per heavy atom. The fourth-order valence-electron chi connectivity index (χ4n) is 2.47. The molecule has 0 saturated heterocycles. The highest BCUT2D eigenvalue weighted by Gasteiger charge is 2.35. The third kappa shape index (κ3) is 3.72. The first kappa shape index (κ1) is 14.4. The molecule has 1 aromatic rings. The fourth-order valence-corrected chi connectivity index (χ4v) is 3.80. The average Bonchev–Trinajstić information content (AvgIpc) is 3.08. The highest BCUT2D eigenvalue weighted by molar-refractivity contribution is 7.91. The van der Waals surface area contributed by atoms with E-state index in [2.05, 4.69) is 12.2 Å². The quantitative estimate of drug-likeness (QED) is 0.832. The Bertz CT molecular complexity index is 507. The SMILES string of the molecule is CCCC1CC1Nc1ccc(S(=O)(=O)CCC)cc1. The van der Waals surface area contributed by atoms with Crippen LogP contribution >= 0.6 is 0 Å². The zero-order valence-corrected chi connectivity index (χ0v) is 12.5. The summed E-state index contributed by atoms with van der Waals surface area (Å²) >= 11 is 0. The molecule has 2 atom stereocenters. The van der Waals surface area contributed by atoms with Crippen molar-refractivity contribution in [2.45, 2.75) is 50.5 Å². The van der Waals surface area contributed by atoms with Crippen molar-refractivity contribution < 1.29 is 8.42 Å². The average molecular weight is 281 g/mol. The molecular formula is C15H23NO2S. The van der Waals surface area contributed by atoms with Gasteiger partial charge < -0.3 is 5.32 Å². The normalized spacial score (nSPS) is 22.2. The molecule has 106 valence electrons. The molecule has 2 unspecified atom stereocenters. The van der Waals surface area contributed by atoms with Crippen molar-refractivity contribution in [2.24, 2.45) is 5.92 Å². The molecule has 0 heterocycles. The second-order valence-corrected chi connectivity index (χ2v) is 7.49. The summed E-state index contributed by atoms with van der Waals surface area (Å²) in [5, 5.41) is 3.47. The summed E-state index contributed by atoms with van der Waals surface area (Å²) in [5.74, 6) is 1.02. The van der Waals surface area contributed by atoms with Gasteiger partial charge >= 0.3 is 0 Å². The highest BCUT2D eigenvalue weighted by Crippen LogP contribution is 2.37. The molecule has 1 aliphatic carbocycles. The molecule has 1 N–H and O–H groups in total. The standard InChI is InChI=1S/C15H23NO2S/c1-3-5-12-11-15(12)16-13-6-8-14(9-7-13)19(17,18)10-4-2/h6-9,12,15-16H,3-5,10-11H2,1-2H3. The van der Waals surface area contributed by atoms with Gasteiger partial charge in [0.25, 0.3) is 0 Å². The van der Waals surface area contributed by atoms with Crippen LogP contribution in [-0.2, 0) is 9.84 Å². The second kappa shape index (κ2) is 5.95. The van der Waals surface area contributed by atoms with E-state index in [1.54, 1.807) is 12.1 Å². The van der Waals surface area contributed by atoms with Gasteiger partial charge in [-0.25, -0.2) is 8.42 Å². The van der Waals surface area contributed by atoms with Crippen molar-refractivity contribution in [3.63, 3.8) is 0 Å². The van der Waals surface area contributed by atoms with E-state index in [9.17, 15) is 8.42 Å². The molecule has 3 nitrogen and oxygen atoms in total. The summed E-state index contributed by atoms with van der Waals surface area (Å²) < 4.78 is 23.8. The Morgan fingerprint density at radius 2 is 1.84 bits per heavy atom. The number of rotatable bonds is 7. The summed E-state index contributed by atoms with van der Waals surface area (Å²) in [4.78, 5) is 0.431. The number of benzene rings is 1. The van der Waals surface area contributed by atoms with Crippen molar-refractivity contribution >= 4 is 15.5 Å². The summed E-state index contributed by atoms with van der Waals surface area (Å²) in [6.07, 6.45) is 4.41. The molecule has 0 amide bonds. The molecule has 0 spiro atoms. The minimum atomic E-state index is -3.09. The van der Waals surface area contributed by atoms with Gasteiger partial charge in [-0.1, -0.05) is 20.3 Å². The van der Waals surface area contributed by atoms with E-state index in [0.717, 1.165) is 11.6 Å². The van der Waals surface area contributed by atoms with Crippen molar-refractivity contribution in [1.82, 2.24) is 0 Å². The van der Waals surface area contributed by atoms with Crippen LogP contribution in [0, 0.1) is 5.92 Å². The highest BCUT2D eigenvalue weighted by atomic mass is 32.2. The molecular weight excluding hydrogens is 258 g/mol. The van der Waals surface area contributed by atoms with Gasteiger partial charge in [-0.05, 0) is 49.4 Å². The third-order valence-corrected chi connectivity index (χ3v) is 5.56. The van der Waals surface area contributed by atoms with Crippen LogP contribution in [0.5, 0.6) is 0 Å². The number of anilines is 1. The van der Waals surface area contributed by atoms with Crippen molar-refractivity contribution in [1.29, 1.82) is 0 Å². The molecule has 0 radical (unpaired) electrons. The Labute approximate surface area is 116 Å². The molecule has 19 heavy (non-hydrogen) atoms. The number of hydrogen-bond donors (Lipinski definition) is 1. The lowest BCUT2D eigenvalue weighted by atomic mass is 10.2. The summed E-state index contributed by atoms with van der Waals surface area (Å²) in [7, 11) is -3.09. The van der Waals surface area contributed by atoms with Gasteiger partial charge in [-0.15, -0.1) is 0 Å². The first-order chi connectivity index (χ1) is 9.06. The van der Waals surface area contributed by atoms with E-state index in [1.807, 2.05) is 19.1 Å². The molecule has 0 bridgehead atoms. The van der Waals surface area contributed by atoms with Crippen LogP contribution in [0.15, 0.2) is 29.2 Å². The van der Waals surface area contributed by atoms with E-state index < -0.39 is 9.84 Å². The van der Waals surface area contributed by atoms with Crippen LogP contribution in [0.2, 0.25) is 0 Å². The first-order valence-corrected chi connectivity index (χ1v) is 8.81. The monoisotopic (exact) mass is 281 g/mol. The molecule has 1 saturated carbocycles. The number of hydrogen-bond acceptors (Lipinski definition) is 3. The smallest absolute Gasteiger partial charge is 0.178 e. The van der Waals surface area contributed by atoms with E-state index in [1.165, 1.54) is 19.3 Å². The summed E-state index contributed by atoms with van der Waals surface area (Å²) in [6, 6.07) is 7.76. The zero-order valence-electron chi connectivity index (χ0n) is 11.7. The lowest BCUT2D eigenvalue weighted by Gasteiger charge is -2.07. The van der Waals surface area contributed by atoms with Gasteiger partial charge in [0.2, 0.25) is 0 Å². The van der Waals surface area contributed by atoms with Gasteiger partial charge in [0, 0.05) is 11.7 Å². The molecule has 1 aliphatic rings. The van der Waals surface area contributed by atoms with Crippen LogP contribution in [0.1, 0.15) is 39.5 Å². The lowest BCUT2D eigenvalue weighted by molar-refractivity contribution is 0.595. The van der Waals surface area contributed by atoms with Crippen LogP contribution in [0.3, 0.4) is 0 Å². The molecule has 4 heteroatoms. The van der Waals surface area contributed by atoms with Crippen molar-refractivity contribution in [3.8, 4) is 0 Å². The van der Waals surface area contributed by atoms with Gasteiger partial charge in [0.1, 0.15) is 0 Å². The van der Waals surface area contributed by atoms with E-state index in [0.29, 0.717) is 17.4 Å². The van der Waals surface area contributed by atoms with Crippen molar-refractivity contribution in [3.05, 3.63) is 24.3 Å². The molecule has 2 rings (SSSR count). The first-order valence-electron chi connectivity index (χ1n) is 7.16. The Morgan fingerprint density at radius 3 is 2.42 bits per heavy atom. The number of sulfone groups is 1. The predicted molar refractivity (Wildman–Crippen MR) is 79.2 cm³/mol. The summed E-state index contributed by atoms with van der Waals surface area (Å²) in [6.45, 7) is 4.09. The largest absolute Gasteiger partial charge is 0.382 e. The fraction of sp³-hybridized carbons (Fsp3) is 0.600. The molecule has 0 aliphatic heterocycles. The van der Waals surface area contributed by atoms with Crippen LogP contribution < -0.4 is 5.32 Å². The van der Waals surface area contributed by atoms with E-state index >= 15 is 0 Å². The summed E-state index contributed by atoms with van der Waals surface area (Å²) in [5.41, 5.74) is 1.03. The Hall–Kier alpha value is -1.03. The van der Waals surface area contributed by atoms with Crippen LogP contribution in [0.25, 0.3) is 0 Å². The van der Waals surface area contributed by atoms with Gasteiger partial charge in [0.15, 0.2) is 9.84 Å². The second-order valence-electron chi connectivity index (χ2n) is 5.38. The third-order valence-electron chi connectivity index (χ3n) is 3.62. The Balaban J connectivity index is 1.96. The van der Waals surface area contributed by atoms with Crippen LogP contribution in [-0.4, -0.2) is 20.2 Å². The van der Waals surface area contributed by atoms with E-state index in [-0.39, 0.29) is 5.75 Å². The van der Waals surface area contributed by atoms with Gasteiger partial charge in [-0.3, -0.25) is 0 Å². The van der Waals surface area contributed by atoms with Gasteiger partial charge in [0.05, 0.1) is 10.6 Å². The number of nitrogens with one attached hydrogen (secondary N) is 1. The lowest BCUT2D eigenvalue weighted by Crippen LogP contribution is -2.07. The minimum Gasteiger partial charge on any atom is -0.382 e. The maximum Gasteiger partial charge on any atom is 0.178 e. The van der Waals surface area contributed by atoms with E-state index in [4.69, 9.17) is 0 Å².